The van der Waals surface area contributed by atoms with E-state index in [4.69, 9.17) is 0 Å². The molecule has 0 bridgehead atoms. The zero-order chi connectivity index (χ0) is 18.1. The Kier molecular flexibility index (Phi) is 5.03. The fourth-order valence-electron chi connectivity index (χ4n) is 2.83. The van der Waals surface area contributed by atoms with Crippen molar-refractivity contribution in [3.63, 3.8) is 0 Å². The third kappa shape index (κ3) is 3.97. The molecule has 1 aliphatic rings. The number of aryl methyl sites for hydroxylation is 1. The van der Waals surface area contributed by atoms with Crippen molar-refractivity contribution >= 4 is 45.8 Å². The van der Waals surface area contributed by atoms with Crippen molar-refractivity contribution < 1.29 is 18.4 Å². The van der Waals surface area contributed by atoms with Crippen LogP contribution >= 0.6 is 22.6 Å². The van der Waals surface area contributed by atoms with Crippen molar-refractivity contribution in [1.29, 1.82) is 0 Å². The summed E-state index contributed by atoms with van der Waals surface area (Å²) >= 11 is 2.19. The first-order valence-corrected chi connectivity index (χ1v) is 8.75. The lowest BCUT2D eigenvalue weighted by Gasteiger charge is -2.17. The summed E-state index contributed by atoms with van der Waals surface area (Å²) in [7, 11) is 0. The standard InChI is InChI=1S/C18H15F2IN2O2/c1-10-4-14(21)2-3-16(10)22-18(25)11-5-17(24)23(9-11)15-7-12(19)6-13(20)8-15/h2-4,6-8,11H,5,9H2,1H3,(H,22,25). The first-order valence-electron chi connectivity index (χ1n) is 7.67. The molecule has 1 fully saturated rings. The van der Waals surface area contributed by atoms with Gasteiger partial charge in [0.1, 0.15) is 11.6 Å². The molecule has 1 heterocycles. The molecule has 1 aliphatic heterocycles. The van der Waals surface area contributed by atoms with Gasteiger partial charge in [-0.1, -0.05) is 0 Å². The molecule has 2 amide bonds. The van der Waals surface area contributed by atoms with Crippen molar-refractivity contribution in [1.82, 2.24) is 0 Å². The van der Waals surface area contributed by atoms with E-state index in [1.54, 1.807) is 0 Å². The maximum absolute atomic E-state index is 13.4. The molecule has 1 N–H and O–H groups in total. The Bertz CT molecular complexity index is 837. The summed E-state index contributed by atoms with van der Waals surface area (Å²) in [5.74, 6) is -2.70. The van der Waals surface area contributed by atoms with Crippen molar-refractivity contribution in [2.75, 3.05) is 16.8 Å². The highest BCUT2D eigenvalue weighted by Gasteiger charge is 2.35. The van der Waals surface area contributed by atoms with Crippen LogP contribution in [0.25, 0.3) is 0 Å². The summed E-state index contributed by atoms with van der Waals surface area (Å²) in [5.41, 5.74) is 1.74. The highest BCUT2D eigenvalue weighted by molar-refractivity contribution is 14.1. The summed E-state index contributed by atoms with van der Waals surface area (Å²) < 4.78 is 27.8. The van der Waals surface area contributed by atoms with Crippen LogP contribution in [0.15, 0.2) is 36.4 Å². The molecule has 0 aromatic heterocycles. The quantitative estimate of drug-likeness (QED) is 0.714. The zero-order valence-corrected chi connectivity index (χ0v) is 15.5. The van der Waals surface area contributed by atoms with E-state index in [9.17, 15) is 18.4 Å². The van der Waals surface area contributed by atoms with Gasteiger partial charge >= 0.3 is 0 Å². The smallest absolute Gasteiger partial charge is 0.229 e. The van der Waals surface area contributed by atoms with Gasteiger partial charge in [0.2, 0.25) is 11.8 Å². The van der Waals surface area contributed by atoms with Crippen molar-refractivity contribution in [2.24, 2.45) is 5.92 Å². The highest BCUT2D eigenvalue weighted by atomic mass is 127. The average molecular weight is 456 g/mol. The molecule has 0 aliphatic carbocycles. The molecule has 2 aromatic rings. The average Bonchev–Trinajstić information content (AvgIpc) is 2.91. The Morgan fingerprint density at radius 2 is 1.88 bits per heavy atom. The molecule has 25 heavy (non-hydrogen) atoms. The number of halogens is 3. The third-order valence-corrected chi connectivity index (χ3v) is 4.77. The van der Waals surface area contributed by atoms with Gasteiger partial charge < -0.3 is 10.2 Å². The predicted octanol–water partition coefficient (Wildman–Crippen LogP) is 3.87. The van der Waals surface area contributed by atoms with Crippen molar-refractivity contribution in [3.05, 3.63) is 57.2 Å². The van der Waals surface area contributed by atoms with Crippen LogP contribution in [0.5, 0.6) is 0 Å². The summed E-state index contributed by atoms with van der Waals surface area (Å²) in [6, 6.07) is 8.55. The van der Waals surface area contributed by atoms with E-state index in [1.807, 2.05) is 25.1 Å². The van der Waals surface area contributed by atoms with Crippen LogP contribution in [0, 0.1) is 28.0 Å². The van der Waals surface area contributed by atoms with Crippen LogP contribution in [0.1, 0.15) is 12.0 Å². The number of hydrogen-bond donors (Lipinski definition) is 1. The van der Waals surface area contributed by atoms with Crippen LogP contribution in [-0.2, 0) is 9.59 Å². The monoisotopic (exact) mass is 456 g/mol. The minimum absolute atomic E-state index is 0.00732. The lowest BCUT2D eigenvalue weighted by atomic mass is 10.1. The van der Waals surface area contributed by atoms with Gasteiger partial charge in [-0.2, -0.15) is 0 Å². The molecule has 7 heteroatoms. The van der Waals surface area contributed by atoms with Crippen LogP contribution in [-0.4, -0.2) is 18.4 Å². The number of hydrogen-bond acceptors (Lipinski definition) is 2. The molecule has 0 radical (unpaired) electrons. The molecular formula is C18H15F2IN2O2. The number of nitrogens with zero attached hydrogens (tertiary/aromatic N) is 1. The number of rotatable bonds is 3. The lowest BCUT2D eigenvalue weighted by Crippen LogP contribution is -2.28. The topological polar surface area (TPSA) is 49.4 Å². The van der Waals surface area contributed by atoms with Gasteiger partial charge in [0.15, 0.2) is 0 Å². The molecule has 2 aromatic carbocycles. The number of benzene rings is 2. The molecule has 0 saturated carbocycles. The van der Waals surface area contributed by atoms with Gasteiger partial charge in [-0.3, -0.25) is 9.59 Å². The molecular weight excluding hydrogens is 441 g/mol. The molecule has 1 saturated heterocycles. The second kappa shape index (κ2) is 7.07. The van der Waals surface area contributed by atoms with Gasteiger partial charge in [-0.15, -0.1) is 0 Å². The minimum atomic E-state index is -0.759. The minimum Gasteiger partial charge on any atom is -0.326 e. The van der Waals surface area contributed by atoms with Crippen LogP contribution < -0.4 is 10.2 Å². The Balaban J connectivity index is 1.74. The SMILES string of the molecule is Cc1cc(I)ccc1NC(=O)C1CC(=O)N(c2cc(F)cc(F)c2)C1. The Morgan fingerprint density at radius 3 is 2.52 bits per heavy atom. The predicted molar refractivity (Wildman–Crippen MR) is 99.3 cm³/mol. The third-order valence-electron chi connectivity index (χ3n) is 4.10. The van der Waals surface area contributed by atoms with Crippen LogP contribution in [0.4, 0.5) is 20.2 Å². The fourth-order valence-corrected chi connectivity index (χ4v) is 3.48. The first-order chi connectivity index (χ1) is 11.8. The molecule has 130 valence electrons. The second-order valence-electron chi connectivity index (χ2n) is 5.98. The Morgan fingerprint density at radius 1 is 1.20 bits per heavy atom. The normalized spacial score (nSPS) is 17.0. The largest absolute Gasteiger partial charge is 0.326 e. The number of carbonyl (C=O) groups excluding carboxylic acids is 2. The van der Waals surface area contributed by atoms with E-state index >= 15 is 0 Å². The van der Waals surface area contributed by atoms with Gasteiger partial charge in [0.25, 0.3) is 0 Å². The number of carbonyl (C=O) groups is 2. The summed E-state index contributed by atoms with van der Waals surface area (Å²) in [4.78, 5) is 25.9. The van der Waals surface area contributed by atoms with E-state index in [0.29, 0.717) is 5.69 Å². The van der Waals surface area contributed by atoms with Crippen molar-refractivity contribution in [2.45, 2.75) is 13.3 Å². The zero-order valence-electron chi connectivity index (χ0n) is 13.4. The molecule has 0 spiro atoms. The summed E-state index contributed by atoms with van der Waals surface area (Å²) in [6.07, 6.45) is 0.00732. The number of amides is 2. The van der Waals surface area contributed by atoms with E-state index in [-0.39, 0.29) is 30.5 Å². The highest BCUT2D eigenvalue weighted by Crippen LogP contribution is 2.28. The van der Waals surface area contributed by atoms with E-state index in [1.165, 1.54) is 4.90 Å². The summed E-state index contributed by atoms with van der Waals surface area (Å²) in [5, 5.41) is 2.83. The Hall–Kier alpha value is -2.03. The van der Waals surface area contributed by atoms with E-state index in [2.05, 4.69) is 27.9 Å². The molecule has 1 unspecified atom stereocenters. The second-order valence-corrected chi connectivity index (χ2v) is 7.23. The Labute approximate surface area is 157 Å². The van der Waals surface area contributed by atoms with Gasteiger partial charge in [-0.05, 0) is 65.4 Å². The van der Waals surface area contributed by atoms with E-state index in [0.717, 1.165) is 27.3 Å². The van der Waals surface area contributed by atoms with Gasteiger partial charge in [0, 0.05) is 34.0 Å². The maximum atomic E-state index is 13.4. The molecule has 1 atom stereocenters. The molecule has 3 rings (SSSR count). The van der Waals surface area contributed by atoms with Crippen molar-refractivity contribution in [3.8, 4) is 0 Å². The van der Waals surface area contributed by atoms with Gasteiger partial charge in [0.05, 0.1) is 5.92 Å². The first kappa shape index (κ1) is 17.8. The van der Waals surface area contributed by atoms with Crippen LogP contribution in [0.2, 0.25) is 0 Å². The summed E-state index contributed by atoms with van der Waals surface area (Å²) in [6.45, 7) is 1.98. The fraction of sp³-hybridized carbons (Fsp3) is 0.222. The van der Waals surface area contributed by atoms with Crippen LogP contribution in [0.3, 0.4) is 0 Å². The number of anilines is 2. The molecule has 4 nitrogen and oxygen atoms in total. The number of nitrogens with one attached hydrogen (secondary N) is 1. The maximum Gasteiger partial charge on any atom is 0.229 e. The van der Waals surface area contributed by atoms with E-state index < -0.39 is 17.6 Å². The van der Waals surface area contributed by atoms with Gasteiger partial charge in [-0.25, -0.2) is 8.78 Å². The lowest BCUT2D eigenvalue weighted by molar-refractivity contribution is -0.122.